The van der Waals surface area contributed by atoms with E-state index in [-0.39, 0.29) is 29.3 Å². The standard InChI is InChI=1S/C21H31NO3/c1-15(2)19(23)24-18-13-20(4,5)22(21(6,7)14-18)25-16(3)17-11-9-8-10-12-17/h8-12,16,18H,1,13-14H2,2-7H3. The van der Waals surface area contributed by atoms with Gasteiger partial charge in [-0.25, -0.2) is 4.79 Å². The van der Waals surface area contributed by atoms with E-state index in [1.165, 1.54) is 0 Å². The van der Waals surface area contributed by atoms with Crippen LogP contribution in [0.1, 0.15) is 66.1 Å². The highest BCUT2D eigenvalue weighted by Crippen LogP contribution is 2.41. The van der Waals surface area contributed by atoms with E-state index >= 15 is 0 Å². The molecular weight excluding hydrogens is 314 g/mol. The van der Waals surface area contributed by atoms with E-state index < -0.39 is 0 Å². The van der Waals surface area contributed by atoms with Crippen molar-refractivity contribution in [3.8, 4) is 0 Å². The molecule has 0 bridgehead atoms. The lowest BCUT2D eigenvalue weighted by Gasteiger charge is -2.54. The Labute approximate surface area is 151 Å². The van der Waals surface area contributed by atoms with Crippen LogP contribution >= 0.6 is 0 Å². The van der Waals surface area contributed by atoms with Gasteiger partial charge in [-0.05, 0) is 47.1 Å². The minimum absolute atomic E-state index is 0.0470. The van der Waals surface area contributed by atoms with Crippen molar-refractivity contribution in [1.29, 1.82) is 0 Å². The van der Waals surface area contributed by atoms with Gasteiger partial charge < -0.3 is 4.74 Å². The van der Waals surface area contributed by atoms with Gasteiger partial charge in [-0.15, -0.1) is 0 Å². The molecule has 0 spiro atoms. The molecule has 4 nitrogen and oxygen atoms in total. The third-order valence-electron chi connectivity index (χ3n) is 4.71. The Kier molecular flexibility index (Phi) is 5.75. The van der Waals surface area contributed by atoms with Gasteiger partial charge >= 0.3 is 5.97 Å². The molecule has 0 N–H and O–H groups in total. The molecule has 0 aliphatic carbocycles. The number of nitrogens with zero attached hydrogens (tertiary/aromatic N) is 1. The second-order valence-corrected chi connectivity index (χ2v) is 8.29. The quantitative estimate of drug-likeness (QED) is 0.566. The molecule has 0 saturated carbocycles. The summed E-state index contributed by atoms with van der Waals surface area (Å²) in [6, 6.07) is 10.2. The van der Waals surface area contributed by atoms with E-state index in [4.69, 9.17) is 9.57 Å². The van der Waals surface area contributed by atoms with Crippen LogP contribution in [0.15, 0.2) is 42.5 Å². The van der Waals surface area contributed by atoms with Crippen molar-refractivity contribution in [3.63, 3.8) is 0 Å². The SMILES string of the molecule is C=C(C)C(=O)OC1CC(C)(C)N(OC(C)c2ccccc2)C(C)(C)C1. The number of esters is 1. The zero-order valence-corrected chi connectivity index (χ0v) is 16.3. The molecule has 0 radical (unpaired) electrons. The van der Waals surface area contributed by atoms with Gasteiger partial charge in [0.1, 0.15) is 12.2 Å². The Morgan fingerprint density at radius 3 is 2.16 bits per heavy atom. The van der Waals surface area contributed by atoms with Crippen LogP contribution in [-0.2, 0) is 14.4 Å². The molecule has 1 atom stereocenters. The van der Waals surface area contributed by atoms with Crippen LogP contribution < -0.4 is 0 Å². The molecule has 1 saturated heterocycles. The van der Waals surface area contributed by atoms with E-state index in [1.54, 1.807) is 6.92 Å². The van der Waals surface area contributed by atoms with E-state index in [1.807, 2.05) is 18.2 Å². The van der Waals surface area contributed by atoms with Crippen LogP contribution in [-0.4, -0.2) is 28.2 Å². The fourth-order valence-electron chi connectivity index (χ4n) is 3.74. The van der Waals surface area contributed by atoms with Crippen LogP contribution in [0, 0.1) is 0 Å². The van der Waals surface area contributed by atoms with Crippen LogP contribution in [0.4, 0.5) is 0 Å². The molecular formula is C21H31NO3. The molecule has 1 aromatic rings. The Morgan fingerprint density at radius 2 is 1.68 bits per heavy atom. The van der Waals surface area contributed by atoms with E-state index in [0.717, 1.165) is 18.4 Å². The second-order valence-electron chi connectivity index (χ2n) is 8.29. The van der Waals surface area contributed by atoms with Crippen LogP contribution in [0.5, 0.6) is 0 Å². The number of carbonyl (C=O) groups excluding carboxylic acids is 1. The van der Waals surface area contributed by atoms with Gasteiger partial charge in [-0.2, -0.15) is 5.06 Å². The Morgan fingerprint density at radius 1 is 1.16 bits per heavy atom. The minimum atomic E-state index is -0.316. The number of hydroxylamine groups is 2. The predicted molar refractivity (Wildman–Crippen MR) is 99.9 cm³/mol. The van der Waals surface area contributed by atoms with Gasteiger partial charge in [0.25, 0.3) is 0 Å². The highest BCUT2D eigenvalue weighted by atomic mass is 16.7. The van der Waals surface area contributed by atoms with Crippen molar-refractivity contribution in [3.05, 3.63) is 48.0 Å². The lowest BCUT2D eigenvalue weighted by Crippen LogP contribution is -2.62. The number of hydrogen-bond donors (Lipinski definition) is 0. The first-order valence-corrected chi connectivity index (χ1v) is 8.91. The first kappa shape index (κ1) is 19.7. The van der Waals surface area contributed by atoms with E-state index in [2.05, 4.69) is 58.4 Å². The van der Waals surface area contributed by atoms with Gasteiger partial charge in [0, 0.05) is 29.5 Å². The smallest absolute Gasteiger partial charge is 0.333 e. The highest BCUT2D eigenvalue weighted by molar-refractivity contribution is 5.87. The van der Waals surface area contributed by atoms with Gasteiger partial charge in [0.05, 0.1) is 0 Å². The van der Waals surface area contributed by atoms with Crippen molar-refractivity contribution in [2.45, 2.75) is 77.7 Å². The van der Waals surface area contributed by atoms with E-state index in [0.29, 0.717) is 5.57 Å². The fraction of sp³-hybridized carbons (Fsp3) is 0.571. The highest BCUT2D eigenvalue weighted by Gasteiger charge is 2.48. The van der Waals surface area contributed by atoms with Gasteiger partial charge in [0.2, 0.25) is 0 Å². The molecule has 1 aliphatic rings. The van der Waals surface area contributed by atoms with Crippen molar-refractivity contribution < 1.29 is 14.4 Å². The fourth-order valence-corrected chi connectivity index (χ4v) is 3.74. The minimum Gasteiger partial charge on any atom is -0.459 e. The lowest BCUT2D eigenvalue weighted by molar-refractivity contribution is -0.314. The molecule has 1 aliphatic heterocycles. The first-order valence-electron chi connectivity index (χ1n) is 8.91. The summed E-state index contributed by atoms with van der Waals surface area (Å²) in [7, 11) is 0. The Bertz CT molecular complexity index is 603. The monoisotopic (exact) mass is 345 g/mol. The lowest BCUT2D eigenvalue weighted by atomic mass is 9.80. The molecule has 0 aromatic heterocycles. The maximum Gasteiger partial charge on any atom is 0.333 e. The molecule has 25 heavy (non-hydrogen) atoms. The average molecular weight is 345 g/mol. The molecule has 1 aromatic carbocycles. The molecule has 1 unspecified atom stereocenters. The van der Waals surface area contributed by atoms with Gasteiger partial charge in [-0.1, -0.05) is 36.9 Å². The van der Waals surface area contributed by atoms with Crippen molar-refractivity contribution in [2.24, 2.45) is 0 Å². The van der Waals surface area contributed by atoms with Crippen molar-refractivity contribution in [1.82, 2.24) is 5.06 Å². The summed E-state index contributed by atoms with van der Waals surface area (Å²) < 4.78 is 5.64. The number of benzene rings is 1. The summed E-state index contributed by atoms with van der Waals surface area (Å²) in [6.45, 7) is 15.9. The molecule has 0 amide bonds. The molecule has 1 heterocycles. The van der Waals surface area contributed by atoms with Crippen LogP contribution in [0.2, 0.25) is 0 Å². The third kappa shape index (κ3) is 4.71. The summed E-state index contributed by atoms with van der Waals surface area (Å²) in [6.07, 6.45) is 1.25. The molecule has 4 heteroatoms. The molecule has 1 fully saturated rings. The number of carbonyl (C=O) groups is 1. The summed E-state index contributed by atoms with van der Waals surface area (Å²) in [4.78, 5) is 18.3. The molecule has 2 rings (SSSR count). The number of hydrogen-bond acceptors (Lipinski definition) is 4. The number of rotatable bonds is 5. The zero-order chi connectivity index (χ0) is 18.8. The topological polar surface area (TPSA) is 38.8 Å². The number of ether oxygens (including phenoxy) is 1. The maximum atomic E-state index is 11.9. The summed E-state index contributed by atoms with van der Waals surface area (Å²) in [5.74, 6) is -0.316. The van der Waals surface area contributed by atoms with Gasteiger partial charge in [-0.3, -0.25) is 4.84 Å². The van der Waals surface area contributed by atoms with Gasteiger partial charge in [0.15, 0.2) is 0 Å². The summed E-state index contributed by atoms with van der Waals surface area (Å²) >= 11 is 0. The average Bonchev–Trinajstić information content (AvgIpc) is 2.50. The third-order valence-corrected chi connectivity index (χ3v) is 4.71. The predicted octanol–water partition coefficient (Wildman–Crippen LogP) is 4.82. The van der Waals surface area contributed by atoms with Crippen LogP contribution in [0.25, 0.3) is 0 Å². The van der Waals surface area contributed by atoms with Crippen LogP contribution in [0.3, 0.4) is 0 Å². The van der Waals surface area contributed by atoms with Crippen molar-refractivity contribution in [2.75, 3.05) is 0 Å². The Balaban J connectivity index is 2.14. The molecule has 138 valence electrons. The Hall–Kier alpha value is -1.65. The second kappa shape index (κ2) is 7.30. The van der Waals surface area contributed by atoms with Crippen molar-refractivity contribution >= 4 is 5.97 Å². The summed E-state index contributed by atoms with van der Waals surface area (Å²) in [5.41, 5.74) is 1.06. The normalized spacial score (nSPS) is 21.5. The number of piperidine rings is 1. The van der Waals surface area contributed by atoms with E-state index in [9.17, 15) is 4.79 Å². The largest absolute Gasteiger partial charge is 0.459 e. The summed E-state index contributed by atoms with van der Waals surface area (Å²) in [5, 5.41) is 2.09. The maximum absolute atomic E-state index is 11.9. The first-order chi connectivity index (χ1) is 11.5. The zero-order valence-electron chi connectivity index (χ0n) is 16.3.